The molecule has 0 aliphatic heterocycles. The van der Waals surface area contributed by atoms with Crippen LogP contribution in [-0.2, 0) is 0 Å². The van der Waals surface area contributed by atoms with E-state index in [0.717, 1.165) is 10.1 Å². The summed E-state index contributed by atoms with van der Waals surface area (Å²) in [4.78, 5) is 12.9. The summed E-state index contributed by atoms with van der Waals surface area (Å²) in [5.74, 6) is -0.192. The Morgan fingerprint density at radius 1 is 1.43 bits per heavy atom. The summed E-state index contributed by atoms with van der Waals surface area (Å²) >= 11 is 13.6. The molecular formula is C15H15Cl2NO2S. The first-order chi connectivity index (χ1) is 9.80. The number of halogens is 2. The smallest absolute Gasteiger partial charge is 0.263 e. The average molecular weight is 344 g/mol. The van der Waals surface area contributed by atoms with Gasteiger partial charge in [-0.3, -0.25) is 4.79 Å². The van der Waals surface area contributed by atoms with Gasteiger partial charge in [0, 0.05) is 26.6 Å². The molecule has 0 bridgehead atoms. The van der Waals surface area contributed by atoms with Crippen LogP contribution in [0.1, 0.15) is 29.9 Å². The highest BCUT2D eigenvalue weighted by Crippen LogP contribution is 2.41. The van der Waals surface area contributed by atoms with Crippen LogP contribution in [0.15, 0.2) is 18.2 Å². The highest BCUT2D eigenvalue weighted by Gasteiger charge is 2.48. The number of carbonyl (C=O) groups excluding carboxylic acids is 1. The highest BCUT2D eigenvalue weighted by molar-refractivity contribution is 7.21. The lowest BCUT2D eigenvalue weighted by atomic mass is 9.64. The first kappa shape index (κ1) is 15.1. The largest absolute Gasteiger partial charge is 0.392 e. The van der Waals surface area contributed by atoms with Gasteiger partial charge in [-0.15, -0.1) is 11.3 Å². The van der Waals surface area contributed by atoms with Crippen molar-refractivity contribution in [2.75, 3.05) is 0 Å². The Bertz CT molecular complexity index is 726. The van der Waals surface area contributed by atoms with Gasteiger partial charge in [0.05, 0.1) is 11.1 Å². The molecule has 112 valence electrons. The molecule has 0 spiro atoms. The van der Waals surface area contributed by atoms with Crippen molar-refractivity contribution in [2.24, 2.45) is 5.41 Å². The second-order valence-electron chi connectivity index (χ2n) is 5.98. The molecule has 0 saturated heterocycles. The van der Waals surface area contributed by atoms with Gasteiger partial charge in [0.15, 0.2) is 0 Å². The van der Waals surface area contributed by atoms with Crippen molar-refractivity contribution in [3.05, 3.63) is 33.1 Å². The van der Waals surface area contributed by atoms with E-state index in [-0.39, 0.29) is 23.5 Å². The second kappa shape index (κ2) is 5.13. The minimum atomic E-state index is -0.375. The molecule has 1 aliphatic carbocycles. The van der Waals surface area contributed by atoms with Crippen LogP contribution in [0.3, 0.4) is 0 Å². The number of hydrogen-bond donors (Lipinski definition) is 2. The van der Waals surface area contributed by atoms with Crippen LogP contribution in [0.25, 0.3) is 10.1 Å². The Morgan fingerprint density at radius 2 is 2.14 bits per heavy atom. The second-order valence-corrected chi connectivity index (χ2v) is 7.85. The molecule has 3 nitrogen and oxygen atoms in total. The van der Waals surface area contributed by atoms with Crippen molar-refractivity contribution in [2.45, 2.75) is 32.4 Å². The molecule has 1 aromatic heterocycles. The number of carbonyl (C=O) groups is 1. The van der Waals surface area contributed by atoms with Gasteiger partial charge in [-0.05, 0) is 18.6 Å². The fraction of sp³-hybridized carbons (Fsp3) is 0.400. The number of rotatable bonds is 2. The van der Waals surface area contributed by atoms with Crippen LogP contribution in [0.5, 0.6) is 0 Å². The fourth-order valence-electron chi connectivity index (χ4n) is 2.56. The van der Waals surface area contributed by atoms with Gasteiger partial charge in [-0.25, -0.2) is 0 Å². The monoisotopic (exact) mass is 343 g/mol. The van der Waals surface area contributed by atoms with E-state index in [0.29, 0.717) is 21.3 Å². The van der Waals surface area contributed by atoms with E-state index in [1.165, 1.54) is 11.3 Å². The zero-order chi connectivity index (χ0) is 15.4. The van der Waals surface area contributed by atoms with Gasteiger partial charge < -0.3 is 10.4 Å². The Kier molecular flexibility index (Phi) is 3.69. The molecule has 1 heterocycles. The molecule has 2 unspecified atom stereocenters. The van der Waals surface area contributed by atoms with Crippen LogP contribution in [0.4, 0.5) is 0 Å². The SMILES string of the molecule is CC1(C)C(O)CC1NC(=O)c1sc2cc(Cl)ccc2c1Cl. The first-order valence-electron chi connectivity index (χ1n) is 6.67. The van der Waals surface area contributed by atoms with Crippen LogP contribution < -0.4 is 5.32 Å². The van der Waals surface area contributed by atoms with Gasteiger partial charge in [0.2, 0.25) is 0 Å². The number of nitrogens with one attached hydrogen (secondary N) is 1. The molecule has 6 heteroatoms. The summed E-state index contributed by atoms with van der Waals surface area (Å²) in [5.41, 5.74) is -0.303. The predicted molar refractivity (Wildman–Crippen MR) is 87.5 cm³/mol. The van der Waals surface area contributed by atoms with Crippen molar-refractivity contribution in [3.63, 3.8) is 0 Å². The molecule has 0 radical (unpaired) electrons. The fourth-order valence-corrected chi connectivity index (χ4v) is 4.25. The van der Waals surface area contributed by atoms with E-state index in [1.807, 2.05) is 19.9 Å². The molecule has 3 rings (SSSR count). The molecule has 1 saturated carbocycles. The molecular weight excluding hydrogens is 329 g/mol. The standard InChI is InChI=1S/C15H15Cl2NO2S/c1-15(2)10(6-11(15)19)18-14(20)13-12(17)8-4-3-7(16)5-9(8)21-13/h3-5,10-11,19H,6H2,1-2H3,(H,18,20). The molecule has 1 amide bonds. The quantitative estimate of drug-likeness (QED) is 0.862. The minimum Gasteiger partial charge on any atom is -0.392 e. The summed E-state index contributed by atoms with van der Waals surface area (Å²) in [7, 11) is 0. The minimum absolute atomic E-state index is 0.0372. The van der Waals surface area contributed by atoms with Gasteiger partial charge in [-0.1, -0.05) is 43.1 Å². The molecule has 21 heavy (non-hydrogen) atoms. The van der Waals surface area contributed by atoms with Crippen LogP contribution >= 0.6 is 34.5 Å². The number of aliphatic hydroxyl groups excluding tert-OH is 1. The number of benzene rings is 1. The number of hydrogen-bond acceptors (Lipinski definition) is 3. The lowest BCUT2D eigenvalue weighted by molar-refractivity contribution is -0.0689. The van der Waals surface area contributed by atoms with Crippen molar-refractivity contribution in [3.8, 4) is 0 Å². The van der Waals surface area contributed by atoms with E-state index >= 15 is 0 Å². The topological polar surface area (TPSA) is 49.3 Å². The number of aliphatic hydroxyl groups is 1. The normalized spacial score (nSPS) is 23.9. The summed E-state index contributed by atoms with van der Waals surface area (Å²) in [6.45, 7) is 3.89. The molecule has 2 atom stereocenters. The van der Waals surface area contributed by atoms with Crippen LogP contribution in [-0.4, -0.2) is 23.2 Å². The van der Waals surface area contributed by atoms with E-state index in [4.69, 9.17) is 23.2 Å². The van der Waals surface area contributed by atoms with Gasteiger partial charge >= 0.3 is 0 Å². The van der Waals surface area contributed by atoms with Crippen LogP contribution in [0, 0.1) is 5.41 Å². The van der Waals surface area contributed by atoms with E-state index in [2.05, 4.69) is 5.32 Å². The lowest BCUT2D eigenvalue weighted by Crippen LogP contribution is -2.61. The van der Waals surface area contributed by atoms with Gasteiger partial charge in [0.25, 0.3) is 5.91 Å². The third-order valence-electron chi connectivity index (χ3n) is 4.32. The van der Waals surface area contributed by atoms with Gasteiger partial charge in [0.1, 0.15) is 4.88 Å². The Balaban J connectivity index is 1.87. The number of thiophene rings is 1. The zero-order valence-electron chi connectivity index (χ0n) is 11.6. The van der Waals surface area contributed by atoms with Crippen molar-refractivity contribution < 1.29 is 9.90 Å². The van der Waals surface area contributed by atoms with Crippen LogP contribution in [0.2, 0.25) is 10.0 Å². The van der Waals surface area contributed by atoms with E-state index < -0.39 is 0 Å². The molecule has 2 aromatic rings. The van der Waals surface area contributed by atoms with Gasteiger partial charge in [-0.2, -0.15) is 0 Å². The Hall–Kier alpha value is -0.810. The number of amides is 1. The van der Waals surface area contributed by atoms with E-state index in [1.54, 1.807) is 12.1 Å². The Morgan fingerprint density at radius 3 is 2.76 bits per heavy atom. The molecule has 1 aromatic carbocycles. The summed E-state index contributed by atoms with van der Waals surface area (Å²) in [5, 5.41) is 14.6. The lowest BCUT2D eigenvalue weighted by Gasteiger charge is -2.49. The maximum absolute atomic E-state index is 12.4. The number of fused-ring (bicyclic) bond motifs is 1. The van der Waals surface area contributed by atoms with Crippen molar-refractivity contribution >= 4 is 50.5 Å². The van der Waals surface area contributed by atoms with Crippen molar-refractivity contribution in [1.29, 1.82) is 0 Å². The predicted octanol–water partition coefficient (Wildman–Crippen LogP) is 4.10. The maximum atomic E-state index is 12.4. The molecule has 1 fully saturated rings. The highest BCUT2D eigenvalue weighted by atomic mass is 35.5. The Labute approximate surface area is 136 Å². The first-order valence-corrected chi connectivity index (χ1v) is 8.24. The maximum Gasteiger partial charge on any atom is 0.263 e. The molecule has 1 aliphatic rings. The molecule has 2 N–H and O–H groups in total. The zero-order valence-corrected chi connectivity index (χ0v) is 13.9. The summed E-state index contributed by atoms with van der Waals surface area (Å²) in [6.07, 6.45) is 0.201. The third-order valence-corrected chi connectivity index (χ3v) is 6.21. The third kappa shape index (κ3) is 2.44. The van der Waals surface area contributed by atoms with Crippen molar-refractivity contribution in [1.82, 2.24) is 5.32 Å². The average Bonchev–Trinajstić information content (AvgIpc) is 2.75. The van der Waals surface area contributed by atoms with E-state index in [9.17, 15) is 9.90 Å². The summed E-state index contributed by atoms with van der Waals surface area (Å²) < 4.78 is 0.894. The summed E-state index contributed by atoms with van der Waals surface area (Å²) in [6, 6.07) is 5.35.